The van der Waals surface area contributed by atoms with Crippen LogP contribution in [0.5, 0.6) is 0 Å². The van der Waals surface area contributed by atoms with Gasteiger partial charge in [-0.3, -0.25) is 13.2 Å². The number of fused-ring (bicyclic) bond motifs is 2. The molecule has 0 fully saturated rings. The summed E-state index contributed by atoms with van der Waals surface area (Å²) >= 11 is 0. The van der Waals surface area contributed by atoms with E-state index in [9.17, 15) is 18.0 Å². The van der Waals surface area contributed by atoms with Gasteiger partial charge in [-0.25, -0.2) is 4.79 Å². The molecule has 1 heterocycles. The summed E-state index contributed by atoms with van der Waals surface area (Å²) in [6.45, 7) is 0. The van der Waals surface area contributed by atoms with Crippen molar-refractivity contribution in [3.63, 3.8) is 0 Å². The smallest absolute Gasteiger partial charge is 0.335 e. The fourth-order valence-electron chi connectivity index (χ4n) is 2.41. The van der Waals surface area contributed by atoms with Crippen LogP contribution in [0.15, 0.2) is 49.3 Å². The standard InChI is InChI=1S/C16H12O6S2.Mn/c1-23(20)9-6-11-14(17)10-5-8(16(18)19)3-4-12(10)22-15(11)13(7-9)24(2)21;/h3-7H,1-2H3,(H,18,19);. The van der Waals surface area contributed by atoms with Gasteiger partial charge in [-0.2, -0.15) is 0 Å². The summed E-state index contributed by atoms with van der Waals surface area (Å²) in [6.07, 6.45) is 2.89. The second-order valence-electron chi connectivity index (χ2n) is 5.15. The molecule has 131 valence electrons. The van der Waals surface area contributed by atoms with Crippen molar-refractivity contribution in [2.75, 3.05) is 12.5 Å². The summed E-state index contributed by atoms with van der Waals surface area (Å²) in [5.74, 6) is -1.16. The zero-order valence-corrected chi connectivity index (χ0v) is 15.9. The molecule has 0 aliphatic carbocycles. The summed E-state index contributed by atoms with van der Waals surface area (Å²) < 4.78 is 29.5. The third kappa shape index (κ3) is 3.46. The SMILES string of the molecule is CS(=O)c1cc(S(C)=O)c2oc3ccc(C(=O)O)cc3c(=O)c2c1.[Mn]. The molecule has 6 nitrogen and oxygen atoms in total. The van der Waals surface area contributed by atoms with E-state index in [1.807, 2.05) is 0 Å². The van der Waals surface area contributed by atoms with Crippen molar-refractivity contribution in [1.29, 1.82) is 0 Å². The van der Waals surface area contributed by atoms with E-state index in [-0.39, 0.29) is 49.5 Å². The van der Waals surface area contributed by atoms with Crippen LogP contribution in [0.25, 0.3) is 21.9 Å². The van der Waals surface area contributed by atoms with Crippen LogP contribution in [0, 0.1) is 0 Å². The molecule has 9 heteroatoms. The molecule has 0 aliphatic rings. The number of aromatic carboxylic acids is 1. The van der Waals surface area contributed by atoms with E-state index in [0.29, 0.717) is 4.90 Å². The zero-order valence-electron chi connectivity index (χ0n) is 13.1. The average molecular weight is 419 g/mol. The van der Waals surface area contributed by atoms with Crippen molar-refractivity contribution in [3.05, 3.63) is 46.1 Å². The Kier molecular flexibility index (Phi) is 5.63. The number of carboxylic acid groups (broad SMARTS) is 1. The zero-order chi connectivity index (χ0) is 17.6. The first-order chi connectivity index (χ1) is 11.3. The summed E-state index contributed by atoms with van der Waals surface area (Å²) in [5, 5.41) is 9.30. The quantitative estimate of drug-likeness (QED) is 0.516. The molecule has 25 heavy (non-hydrogen) atoms. The van der Waals surface area contributed by atoms with Gasteiger partial charge in [0.1, 0.15) is 5.58 Å². The van der Waals surface area contributed by atoms with Crippen LogP contribution in [0.2, 0.25) is 0 Å². The van der Waals surface area contributed by atoms with Crippen molar-refractivity contribution >= 4 is 49.5 Å². The fraction of sp³-hybridized carbons (Fsp3) is 0.125. The maximum absolute atomic E-state index is 12.8. The van der Waals surface area contributed by atoms with Gasteiger partial charge >= 0.3 is 5.97 Å². The van der Waals surface area contributed by atoms with Crippen LogP contribution in [0.4, 0.5) is 0 Å². The largest absolute Gasteiger partial charge is 0.478 e. The molecular weight excluding hydrogens is 407 g/mol. The number of carbonyl (C=O) groups is 1. The number of carboxylic acids is 1. The van der Waals surface area contributed by atoms with Gasteiger partial charge in [0, 0.05) is 45.3 Å². The van der Waals surface area contributed by atoms with Crippen LogP contribution >= 0.6 is 0 Å². The Labute approximate surface area is 157 Å². The minimum absolute atomic E-state index is 0. The van der Waals surface area contributed by atoms with E-state index in [0.717, 1.165) is 0 Å². The molecule has 0 aliphatic heterocycles. The summed E-state index contributed by atoms with van der Waals surface area (Å²) in [7, 11) is -2.83. The molecular formula is C16H12MnO6S2. The second kappa shape index (κ2) is 7.21. The molecule has 3 aromatic rings. The van der Waals surface area contributed by atoms with Crippen molar-refractivity contribution < 1.29 is 39.8 Å². The van der Waals surface area contributed by atoms with Crippen LogP contribution in [-0.2, 0) is 38.7 Å². The maximum Gasteiger partial charge on any atom is 0.335 e. The van der Waals surface area contributed by atoms with Gasteiger partial charge < -0.3 is 9.52 Å². The molecule has 0 spiro atoms. The Hall–Kier alpha value is -1.80. The minimum Gasteiger partial charge on any atom is -0.478 e. The topological polar surface area (TPSA) is 102 Å². The first-order valence-corrected chi connectivity index (χ1v) is 9.86. The monoisotopic (exact) mass is 419 g/mol. The fourth-order valence-corrected chi connectivity index (χ4v) is 3.76. The van der Waals surface area contributed by atoms with Gasteiger partial charge in [-0.1, -0.05) is 0 Å². The van der Waals surface area contributed by atoms with Crippen LogP contribution in [0.3, 0.4) is 0 Å². The normalized spacial score (nSPS) is 13.4. The number of hydrogen-bond acceptors (Lipinski definition) is 5. The second-order valence-corrected chi connectivity index (χ2v) is 7.88. The molecule has 2 aromatic carbocycles. The molecule has 0 saturated carbocycles. The Bertz CT molecular complexity index is 1120. The maximum atomic E-state index is 12.8. The molecule has 3 rings (SSSR count). The van der Waals surface area contributed by atoms with E-state index in [1.54, 1.807) is 0 Å². The molecule has 2 atom stereocenters. The van der Waals surface area contributed by atoms with Gasteiger partial charge in [0.05, 0.1) is 32.0 Å². The first-order valence-electron chi connectivity index (χ1n) is 6.74. The summed E-state index contributed by atoms with van der Waals surface area (Å²) in [6, 6.07) is 6.89. The summed E-state index contributed by atoms with van der Waals surface area (Å²) in [4.78, 5) is 24.5. The Morgan fingerprint density at radius 1 is 1.04 bits per heavy atom. The Morgan fingerprint density at radius 2 is 1.72 bits per heavy atom. The van der Waals surface area contributed by atoms with Crippen LogP contribution in [0.1, 0.15) is 10.4 Å². The van der Waals surface area contributed by atoms with Crippen molar-refractivity contribution in [1.82, 2.24) is 0 Å². The predicted molar refractivity (Wildman–Crippen MR) is 91.6 cm³/mol. The molecule has 0 saturated heterocycles. The number of hydrogen-bond donors (Lipinski definition) is 1. The van der Waals surface area contributed by atoms with E-state index in [1.165, 1.54) is 42.8 Å². The van der Waals surface area contributed by atoms with E-state index < -0.39 is 33.0 Å². The third-order valence-electron chi connectivity index (χ3n) is 3.60. The van der Waals surface area contributed by atoms with Gasteiger partial charge in [-0.15, -0.1) is 0 Å². The van der Waals surface area contributed by atoms with Gasteiger partial charge in [-0.05, 0) is 30.3 Å². The average Bonchev–Trinajstić information content (AvgIpc) is 2.53. The van der Waals surface area contributed by atoms with Crippen LogP contribution in [-0.4, -0.2) is 32.0 Å². The van der Waals surface area contributed by atoms with Gasteiger partial charge in [0.25, 0.3) is 0 Å². The predicted octanol–water partition coefficient (Wildman–Crippen LogP) is 2.12. The van der Waals surface area contributed by atoms with E-state index in [4.69, 9.17) is 9.52 Å². The third-order valence-corrected chi connectivity index (χ3v) is 5.42. The van der Waals surface area contributed by atoms with Gasteiger partial charge in [0.15, 0.2) is 5.58 Å². The molecule has 1 radical (unpaired) electrons. The molecule has 0 amide bonds. The molecule has 2 unspecified atom stereocenters. The number of benzene rings is 2. The van der Waals surface area contributed by atoms with E-state index in [2.05, 4.69) is 0 Å². The Morgan fingerprint density at radius 3 is 2.28 bits per heavy atom. The van der Waals surface area contributed by atoms with Crippen molar-refractivity contribution in [3.8, 4) is 0 Å². The molecule has 0 bridgehead atoms. The van der Waals surface area contributed by atoms with Crippen molar-refractivity contribution in [2.45, 2.75) is 9.79 Å². The molecule has 1 N–H and O–H groups in total. The van der Waals surface area contributed by atoms with Gasteiger partial charge in [0.2, 0.25) is 5.43 Å². The summed E-state index contributed by atoms with van der Waals surface area (Å²) in [5.41, 5.74) is -0.128. The minimum atomic E-state index is -1.45. The molecule has 1 aromatic heterocycles. The number of rotatable bonds is 3. The van der Waals surface area contributed by atoms with Crippen LogP contribution < -0.4 is 5.43 Å². The first kappa shape index (κ1) is 19.5. The van der Waals surface area contributed by atoms with E-state index >= 15 is 0 Å². The Balaban J connectivity index is 0.00000225. The van der Waals surface area contributed by atoms with Crippen molar-refractivity contribution in [2.24, 2.45) is 0 Å².